The smallest absolute Gasteiger partial charge is 0.262 e. The zero-order valence-corrected chi connectivity index (χ0v) is 16.1. The molecule has 0 unspecified atom stereocenters. The summed E-state index contributed by atoms with van der Waals surface area (Å²) in [5.74, 6) is -0.189. The van der Waals surface area contributed by atoms with Gasteiger partial charge >= 0.3 is 0 Å². The van der Waals surface area contributed by atoms with E-state index in [1.165, 1.54) is 0 Å². The van der Waals surface area contributed by atoms with E-state index >= 15 is 0 Å². The van der Waals surface area contributed by atoms with Gasteiger partial charge in [-0.2, -0.15) is 0 Å². The van der Waals surface area contributed by atoms with E-state index in [0.29, 0.717) is 17.0 Å². The van der Waals surface area contributed by atoms with E-state index < -0.39 is 5.91 Å². The van der Waals surface area contributed by atoms with Crippen molar-refractivity contribution in [3.63, 3.8) is 0 Å². The summed E-state index contributed by atoms with van der Waals surface area (Å²) < 4.78 is 5.67. The summed E-state index contributed by atoms with van der Waals surface area (Å²) in [5.41, 5.74) is 7.24. The Balaban J connectivity index is 1.47. The van der Waals surface area contributed by atoms with E-state index in [0.717, 1.165) is 42.4 Å². The molecule has 1 heterocycles. The van der Waals surface area contributed by atoms with Gasteiger partial charge in [0.2, 0.25) is 5.91 Å². The fourth-order valence-corrected chi connectivity index (χ4v) is 3.62. The largest absolute Gasteiger partial charge is 0.484 e. The first-order valence-electron chi connectivity index (χ1n) is 9.70. The summed E-state index contributed by atoms with van der Waals surface area (Å²) in [6.07, 6.45) is 2.21. The summed E-state index contributed by atoms with van der Waals surface area (Å²) in [7, 11) is 0. The average Bonchev–Trinajstić information content (AvgIpc) is 3.26. The Morgan fingerprint density at radius 1 is 0.966 bits per heavy atom. The lowest BCUT2D eigenvalue weighted by Crippen LogP contribution is -2.24. The molecule has 0 radical (unpaired) electrons. The van der Waals surface area contributed by atoms with Crippen LogP contribution >= 0.6 is 0 Å². The zero-order valence-electron chi connectivity index (χ0n) is 16.1. The molecule has 29 heavy (non-hydrogen) atoms. The second-order valence-electron chi connectivity index (χ2n) is 7.14. The predicted molar refractivity (Wildman–Crippen MR) is 114 cm³/mol. The van der Waals surface area contributed by atoms with Crippen molar-refractivity contribution in [3.05, 3.63) is 66.2 Å². The first kappa shape index (κ1) is 18.8. The number of benzene rings is 3. The van der Waals surface area contributed by atoms with Crippen molar-refractivity contribution in [1.82, 2.24) is 0 Å². The maximum absolute atomic E-state index is 12.5. The minimum atomic E-state index is -0.527. The highest BCUT2D eigenvalue weighted by molar-refractivity contribution is 5.99. The lowest BCUT2D eigenvalue weighted by molar-refractivity contribution is -0.118. The predicted octanol–water partition coefficient (Wildman–Crippen LogP) is 3.56. The maximum atomic E-state index is 12.5. The first-order chi connectivity index (χ1) is 14.1. The first-order valence-corrected chi connectivity index (χ1v) is 9.70. The number of ether oxygens (including phenoxy) is 1. The number of nitrogens with zero attached hydrogens (tertiary/aromatic N) is 1. The summed E-state index contributed by atoms with van der Waals surface area (Å²) in [4.78, 5) is 26.3. The van der Waals surface area contributed by atoms with Crippen molar-refractivity contribution in [2.45, 2.75) is 12.8 Å². The summed E-state index contributed by atoms with van der Waals surface area (Å²) in [6, 6.07) is 18.8. The Kier molecular flexibility index (Phi) is 5.33. The second-order valence-corrected chi connectivity index (χ2v) is 7.14. The standard InChI is InChI=1S/C23H23N3O3/c24-23(28)18-8-10-21(26-11-3-4-12-26)20(14-18)25-22(27)15-29-19-9-7-16-5-1-2-6-17(16)13-19/h1-2,5-10,13-14H,3-4,11-12,15H2,(H2,24,28)(H,25,27). The quantitative estimate of drug-likeness (QED) is 0.675. The van der Waals surface area contributed by atoms with Crippen molar-refractivity contribution in [3.8, 4) is 5.75 Å². The van der Waals surface area contributed by atoms with Crippen LogP contribution in [0.3, 0.4) is 0 Å². The number of amides is 2. The van der Waals surface area contributed by atoms with Crippen LogP contribution in [0.25, 0.3) is 10.8 Å². The number of nitrogens with one attached hydrogen (secondary N) is 1. The molecule has 6 nitrogen and oxygen atoms in total. The Bertz CT molecular complexity index is 1060. The molecule has 0 atom stereocenters. The molecule has 0 aliphatic carbocycles. The number of carbonyl (C=O) groups is 2. The van der Waals surface area contributed by atoms with E-state index in [1.54, 1.807) is 12.1 Å². The van der Waals surface area contributed by atoms with Crippen LogP contribution in [-0.2, 0) is 4.79 Å². The molecular formula is C23H23N3O3. The van der Waals surface area contributed by atoms with Crippen LogP contribution in [-0.4, -0.2) is 31.5 Å². The minimum absolute atomic E-state index is 0.126. The van der Waals surface area contributed by atoms with E-state index in [9.17, 15) is 9.59 Å². The zero-order chi connectivity index (χ0) is 20.2. The normalized spacial score (nSPS) is 13.4. The van der Waals surface area contributed by atoms with E-state index in [2.05, 4.69) is 10.2 Å². The monoisotopic (exact) mass is 389 g/mol. The molecule has 2 amide bonds. The van der Waals surface area contributed by atoms with Crippen LogP contribution in [0.4, 0.5) is 11.4 Å². The third kappa shape index (κ3) is 4.32. The van der Waals surface area contributed by atoms with Gasteiger partial charge in [0, 0.05) is 18.7 Å². The van der Waals surface area contributed by atoms with Crippen LogP contribution < -0.4 is 20.7 Å². The summed E-state index contributed by atoms with van der Waals surface area (Å²) in [5, 5.41) is 5.04. The fourth-order valence-electron chi connectivity index (χ4n) is 3.62. The van der Waals surface area contributed by atoms with E-state index in [4.69, 9.17) is 10.5 Å². The summed E-state index contributed by atoms with van der Waals surface area (Å²) >= 11 is 0. The van der Waals surface area contributed by atoms with Gasteiger partial charge in [-0.25, -0.2) is 0 Å². The highest BCUT2D eigenvalue weighted by atomic mass is 16.5. The van der Waals surface area contributed by atoms with Crippen molar-refractivity contribution in [2.24, 2.45) is 5.73 Å². The van der Waals surface area contributed by atoms with Crippen LogP contribution in [0, 0.1) is 0 Å². The van der Waals surface area contributed by atoms with Gasteiger partial charge in [0.25, 0.3) is 5.91 Å². The number of carbonyl (C=O) groups excluding carboxylic acids is 2. The molecule has 1 aliphatic heterocycles. The molecule has 4 rings (SSSR count). The lowest BCUT2D eigenvalue weighted by atomic mass is 10.1. The van der Waals surface area contributed by atoms with Crippen LogP contribution in [0.5, 0.6) is 5.75 Å². The van der Waals surface area contributed by atoms with Gasteiger partial charge in [0.1, 0.15) is 5.75 Å². The van der Waals surface area contributed by atoms with Gasteiger partial charge in [-0.05, 0) is 53.9 Å². The van der Waals surface area contributed by atoms with Gasteiger partial charge in [0.15, 0.2) is 6.61 Å². The van der Waals surface area contributed by atoms with Crippen molar-refractivity contribution in [2.75, 3.05) is 29.9 Å². The highest BCUT2D eigenvalue weighted by Gasteiger charge is 2.18. The molecule has 1 saturated heterocycles. The molecule has 1 fully saturated rings. The SMILES string of the molecule is NC(=O)c1ccc(N2CCCC2)c(NC(=O)COc2ccc3ccccc3c2)c1. The second kappa shape index (κ2) is 8.22. The van der Waals surface area contributed by atoms with Gasteiger partial charge in [-0.1, -0.05) is 30.3 Å². The molecule has 3 N–H and O–H groups in total. The van der Waals surface area contributed by atoms with Crippen molar-refractivity contribution >= 4 is 34.0 Å². The maximum Gasteiger partial charge on any atom is 0.262 e. The number of rotatable bonds is 6. The van der Waals surface area contributed by atoms with Crippen molar-refractivity contribution in [1.29, 1.82) is 0 Å². The van der Waals surface area contributed by atoms with Gasteiger partial charge in [-0.3, -0.25) is 9.59 Å². The molecule has 0 spiro atoms. The summed E-state index contributed by atoms with van der Waals surface area (Å²) in [6.45, 7) is 1.72. The molecule has 0 aromatic heterocycles. The molecule has 0 bridgehead atoms. The molecule has 148 valence electrons. The molecule has 3 aromatic rings. The molecule has 3 aromatic carbocycles. The highest BCUT2D eigenvalue weighted by Crippen LogP contribution is 2.30. The third-order valence-electron chi connectivity index (χ3n) is 5.09. The molecule has 0 saturated carbocycles. The number of hydrogen-bond donors (Lipinski definition) is 2. The molecule has 1 aliphatic rings. The van der Waals surface area contributed by atoms with Crippen molar-refractivity contribution < 1.29 is 14.3 Å². The topological polar surface area (TPSA) is 84.7 Å². The lowest BCUT2D eigenvalue weighted by Gasteiger charge is -2.22. The van der Waals surface area contributed by atoms with Gasteiger partial charge in [-0.15, -0.1) is 0 Å². The van der Waals surface area contributed by atoms with Crippen LogP contribution in [0.2, 0.25) is 0 Å². The fraction of sp³-hybridized carbons (Fsp3) is 0.217. The molecule has 6 heteroatoms. The van der Waals surface area contributed by atoms with Crippen LogP contribution in [0.1, 0.15) is 23.2 Å². The number of primary amides is 1. The Morgan fingerprint density at radius 2 is 1.72 bits per heavy atom. The Labute approximate surface area is 169 Å². The van der Waals surface area contributed by atoms with Gasteiger partial charge in [0.05, 0.1) is 11.4 Å². The van der Waals surface area contributed by atoms with E-state index in [1.807, 2.05) is 48.5 Å². The van der Waals surface area contributed by atoms with Gasteiger partial charge < -0.3 is 20.7 Å². The number of anilines is 2. The Morgan fingerprint density at radius 3 is 2.48 bits per heavy atom. The molecular weight excluding hydrogens is 366 g/mol. The van der Waals surface area contributed by atoms with E-state index in [-0.39, 0.29) is 12.5 Å². The average molecular weight is 389 g/mol. The number of nitrogens with two attached hydrogens (primary N) is 1. The number of fused-ring (bicyclic) bond motifs is 1. The minimum Gasteiger partial charge on any atom is -0.484 e. The van der Waals surface area contributed by atoms with Crippen LogP contribution in [0.15, 0.2) is 60.7 Å². The number of hydrogen-bond acceptors (Lipinski definition) is 4. The Hall–Kier alpha value is -3.54. The third-order valence-corrected chi connectivity index (χ3v) is 5.09.